The van der Waals surface area contributed by atoms with Crippen molar-refractivity contribution in [2.45, 2.75) is 57.6 Å². The molecule has 0 unspecified atom stereocenters. The van der Waals surface area contributed by atoms with Crippen LogP contribution in [0.15, 0.2) is 71.6 Å². The number of aryl methyl sites for hydroxylation is 1. The molecular formula is C29H32Cl3N3O4S. The SMILES string of the molecule is CC[C@H](C(=O)NC(C)C)N(Cc1c(Cl)cccc1Cl)C(=O)CN(c1cccc(Cl)c1)S(=O)(=O)c1ccc(C)cc1. The first-order chi connectivity index (χ1) is 18.8. The number of hydrogen-bond acceptors (Lipinski definition) is 4. The van der Waals surface area contributed by atoms with E-state index in [0.29, 0.717) is 20.6 Å². The first-order valence-corrected chi connectivity index (χ1v) is 15.3. The van der Waals surface area contributed by atoms with Crippen molar-refractivity contribution in [2.75, 3.05) is 10.8 Å². The minimum Gasteiger partial charge on any atom is -0.352 e. The van der Waals surface area contributed by atoms with E-state index in [1.54, 1.807) is 55.5 Å². The number of nitrogens with zero attached hydrogens (tertiary/aromatic N) is 2. The molecule has 0 heterocycles. The number of benzene rings is 3. The van der Waals surface area contributed by atoms with Gasteiger partial charge in [-0.05, 0) is 69.7 Å². The lowest BCUT2D eigenvalue weighted by atomic mass is 10.1. The van der Waals surface area contributed by atoms with Crippen LogP contribution in [0.5, 0.6) is 0 Å². The van der Waals surface area contributed by atoms with Crippen LogP contribution in [0.2, 0.25) is 15.1 Å². The molecule has 0 aliphatic rings. The van der Waals surface area contributed by atoms with E-state index in [4.69, 9.17) is 34.8 Å². The van der Waals surface area contributed by atoms with Gasteiger partial charge in [0.05, 0.1) is 10.6 Å². The molecule has 214 valence electrons. The molecule has 3 aromatic rings. The van der Waals surface area contributed by atoms with Crippen LogP contribution < -0.4 is 9.62 Å². The van der Waals surface area contributed by atoms with Gasteiger partial charge >= 0.3 is 0 Å². The van der Waals surface area contributed by atoms with Gasteiger partial charge in [0.2, 0.25) is 11.8 Å². The predicted molar refractivity (Wildman–Crippen MR) is 162 cm³/mol. The predicted octanol–water partition coefficient (Wildman–Crippen LogP) is 6.48. The summed E-state index contributed by atoms with van der Waals surface area (Å²) < 4.78 is 28.8. The number of nitrogens with one attached hydrogen (secondary N) is 1. The van der Waals surface area contributed by atoms with Crippen LogP contribution in [0.25, 0.3) is 0 Å². The topological polar surface area (TPSA) is 86.8 Å². The third-order valence-electron chi connectivity index (χ3n) is 6.19. The first kappa shape index (κ1) is 31.7. The molecule has 1 atom stereocenters. The van der Waals surface area contributed by atoms with Crippen molar-refractivity contribution in [3.63, 3.8) is 0 Å². The quantitative estimate of drug-likeness (QED) is 0.265. The molecule has 0 aliphatic heterocycles. The first-order valence-electron chi connectivity index (χ1n) is 12.7. The van der Waals surface area contributed by atoms with Crippen LogP contribution in [-0.2, 0) is 26.2 Å². The molecule has 0 fully saturated rings. The molecule has 40 heavy (non-hydrogen) atoms. The summed E-state index contributed by atoms with van der Waals surface area (Å²) in [7, 11) is -4.20. The molecule has 0 saturated heterocycles. The van der Waals surface area contributed by atoms with Gasteiger partial charge in [-0.3, -0.25) is 13.9 Å². The Bertz CT molecular complexity index is 1440. The van der Waals surface area contributed by atoms with Gasteiger partial charge in [-0.25, -0.2) is 8.42 Å². The van der Waals surface area contributed by atoms with Crippen molar-refractivity contribution in [3.8, 4) is 0 Å². The van der Waals surface area contributed by atoms with Gasteiger partial charge in [0.25, 0.3) is 10.0 Å². The van der Waals surface area contributed by atoms with E-state index in [2.05, 4.69) is 5.32 Å². The fourth-order valence-electron chi connectivity index (χ4n) is 4.15. The minimum atomic E-state index is -4.20. The average molecular weight is 625 g/mol. The van der Waals surface area contributed by atoms with E-state index in [1.165, 1.54) is 23.1 Å². The summed E-state index contributed by atoms with van der Waals surface area (Å²) in [6, 6.07) is 16.4. The molecular weight excluding hydrogens is 593 g/mol. The number of amides is 2. The normalized spacial score (nSPS) is 12.2. The Morgan fingerprint density at radius 3 is 2.08 bits per heavy atom. The smallest absolute Gasteiger partial charge is 0.264 e. The minimum absolute atomic E-state index is 0.0103. The highest BCUT2D eigenvalue weighted by molar-refractivity contribution is 7.92. The fraction of sp³-hybridized carbons (Fsp3) is 0.310. The molecule has 1 N–H and O–H groups in total. The highest BCUT2D eigenvalue weighted by Crippen LogP contribution is 2.29. The molecule has 0 radical (unpaired) electrons. The Kier molecular flexibility index (Phi) is 10.9. The van der Waals surface area contributed by atoms with Crippen molar-refractivity contribution in [1.82, 2.24) is 10.2 Å². The molecule has 0 aromatic heterocycles. The average Bonchev–Trinajstić information content (AvgIpc) is 2.88. The van der Waals surface area contributed by atoms with E-state index in [0.717, 1.165) is 9.87 Å². The second kappa shape index (κ2) is 13.7. The number of rotatable bonds is 11. The fourth-order valence-corrected chi connectivity index (χ4v) is 6.26. The second-order valence-electron chi connectivity index (χ2n) is 9.61. The maximum atomic E-state index is 14.1. The van der Waals surface area contributed by atoms with Crippen molar-refractivity contribution >= 4 is 62.3 Å². The standard InChI is InChI=1S/C29H32Cl3N3O4S/c1-5-27(29(37)33-19(2)3)34(17-24-25(31)10-7-11-26(24)32)28(36)18-35(22-9-6-8-21(30)16-22)40(38,39)23-14-12-20(4)13-15-23/h6-16,19,27H,5,17-18H2,1-4H3,(H,33,37)/t27-/m1/s1. The Balaban J connectivity index is 2.11. The van der Waals surface area contributed by atoms with Gasteiger partial charge in [0.15, 0.2) is 0 Å². The van der Waals surface area contributed by atoms with Gasteiger partial charge < -0.3 is 10.2 Å². The van der Waals surface area contributed by atoms with E-state index in [-0.39, 0.29) is 35.5 Å². The van der Waals surface area contributed by atoms with Gasteiger partial charge in [-0.15, -0.1) is 0 Å². The van der Waals surface area contributed by atoms with Crippen LogP contribution in [0.4, 0.5) is 5.69 Å². The Hall–Kier alpha value is -2.78. The molecule has 0 saturated carbocycles. The van der Waals surface area contributed by atoms with E-state index in [1.807, 2.05) is 20.8 Å². The van der Waals surface area contributed by atoms with Crippen LogP contribution in [0.1, 0.15) is 38.3 Å². The number of carbonyl (C=O) groups is 2. The summed E-state index contributed by atoms with van der Waals surface area (Å²) >= 11 is 19.1. The summed E-state index contributed by atoms with van der Waals surface area (Å²) in [6.45, 7) is 6.56. The summed E-state index contributed by atoms with van der Waals surface area (Å²) in [5, 5.41) is 3.80. The highest BCUT2D eigenvalue weighted by Gasteiger charge is 2.34. The monoisotopic (exact) mass is 623 g/mol. The van der Waals surface area contributed by atoms with Crippen LogP contribution in [0, 0.1) is 6.92 Å². The summed E-state index contributed by atoms with van der Waals surface area (Å²) in [5.41, 5.74) is 1.54. The molecule has 3 aromatic carbocycles. The lowest BCUT2D eigenvalue weighted by Crippen LogP contribution is -2.53. The number of halogens is 3. The zero-order valence-electron chi connectivity index (χ0n) is 22.7. The Morgan fingerprint density at radius 2 is 1.52 bits per heavy atom. The van der Waals surface area contributed by atoms with E-state index >= 15 is 0 Å². The lowest BCUT2D eigenvalue weighted by molar-refractivity contribution is -0.140. The summed E-state index contributed by atoms with van der Waals surface area (Å²) in [5.74, 6) is -0.984. The molecule has 2 amide bonds. The molecule has 0 aliphatic carbocycles. The molecule has 0 bridgehead atoms. The van der Waals surface area contributed by atoms with Gasteiger partial charge in [0, 0.05) is 33.2 Å². The number of sulfonamides is 1. The van der Waals surface area contributed by atoms with E-state index in [9.17, 15) is 18.0 Å². The number of carbonyl (C=O) groups excluding carboxylic acids is 2. The Morgan fingerprint density at radius 1 is 0.925 bits per heavy atom. The Labute approximate surface area is 251 Å². The molecule has 3 rings (SSSR count). The third-order valence-corrected chi connectivity index (χ3v) is 8.92. The van der Waals surface area contributed by atoms with E-state index < -0.39 is 28.5 Å². The number of anilines is 1. The van der Waals surface area contributed by atoms with Crippen LogP contribution in [-0.4, -0.2) is 43.8 Å². The molecule has 11 heteroatoms. The maximum absolute atomic E-state index is 14.1. The third kappa shape index (κ3) is 7.69. The van der Waals surface area contributed by atoms with Gasteiger partial charge in [0.1, 0.15) is 12.6 Å². The summed E-state index contributed by atoms with van der Waals surface area (Å²) in [4.78, 5) is 28.6. The second-order valence-corrected chi connectivity index (χ2v) is 12.7. The van der Waals surface area contributed by atoms with Gasteiger partial charge in [-0.1, -0.05) is 71.6 Å². The molecule has 7 nitrogen and oxygen atoms in total. The molecule has 0 spiro atoms. The number of hydrogen-bond donors (Lipinski definition) is 1. The van der Waals surface area contributed by atoms with Crippen LogP contribution >= 0.6 is 34.8 Å². The zero-order valence-corrected chi connectivity index (χ0v) is 25.8. The maximum Gasteiger partial charge on any atom is 0.264 e. The van der Waals surface area contributed by atoms with Gasteiger partial charge in [-0.2, -0.15) is 0 Å². The van der Waals surface area contributed by atoms with Crippen molar-refractivity contribution in [1.29, 1.82) is 0 Å². The lowest BCUT2D eigenvalue weighted by Gasteiger charge is -2.34. The largest absolute Gasteiger partial charge is 0.352 e. The van der Waals surface area contributed by atoms with Crippen molar-refractivity contribution < 1.29 is 18.0 Å². The summed E-state index contributed by atoms with van der Waals surface area (Å²) in [6.07, 6.45) is 0.272. The van der Waals surface area contributed by atoms with Crippen LogP contribution in [0.3, 0.4) is 0 Å². The zero-order chi connectivity index (χ0) is 29.6. The highest BCUT2D eigenvalue weighted by atomic mass is 35.5. The van der Waals surface area contributed by atoms with Crippen molar-refractivity contribution in [3.05, 3.63) is 92.9 Å². The van der Waals surface area contributed by atoms with Crippen molar-refractivity contribution in [2.24, 2.45) is 0 Å².